The Balaban J connectivity index is 2.16. The van der Waals surface area contributed by atoms with Gasteiger partial charge in [0.1, 0.15) is 5.54 Å². The summed E-state index contributed by atoms with van der Waals surface area (Å²) in [6, 6.07) is 11.4. The number of pyridine rings is 2. The van der Waals surface area contributed by atoms with Gasteiger partial charge in [-0.25, -0.2) is 0 Å². The van der Waals surface area contributed by atoms with Crippen molar-refractivity contribution in [2.24, 2.45) is 0 Å². The average molecular weight is 666 g/mol. The van der Waals surface area contributed by atoms with E-state index in [0.717, 1.165) is 29.6 Å². The van der Waals surface area contributed by atoms with Crippen LogP contribution in [0.1, 0.15) is 17.8 Å². The van der Waals surface area contributed by atoms with Crippen LogP contribution in [0.25, 0.3) is 0 Å². The van der Waals surface area contributed by atoms with E-state index in [9.17, 15) is 19.2 Å². The Labute approximate surface area is 282 Å². The number of carbonyl (C=O) groups is 4. The Morgan fingerprint density at radius 2 is 1.10 bits per heavy atom. The van der Waals surface area contributed by atoms with Crippen molar-refractivity contribution < 1.29 is 33.4 Å². The van der Waals surface area contributed by atoms with Crippen molar-refractivity contribution >= 4 is 23.6 Å². The van der Waals surface area contributed by atoms with Crippen molar-refractivity contribution in [1.82, 2.24) is 36.1 Å². The number of carbonyl (C=O) groups excluding carboxylic acids is 4. The van der Waals surface area contributed by atoms with Gasteiger partial charge < -0.3 is 35.5 Å². The minimum Gasteiger partial charge on any atom is -0.377 e. The van der Waals surface area contributed by atoms with Crippen molar-refractivity contribution in [1.29, 1.82) is 0 Å². The van der Waals surface area contributed by atoms with Gasteiger partial charge in [0.2, 0.25) is 23.6 Å². The molecule has 4 N–H and O–H groups in total. The fourth-order valence-electron chi connectivity index (χ4n) is 4.27. The molecular formula is C34H47N7O7. The van der Waals surface area contributed by atoms with Gasteiger partial charge in [0, 0.05) is 58.1 Å². The fourth-order valence-corrected chi connectivity index (χ4v) is 4.27. The average Bonchev–Trinajstić information content (AvgIpc) is 3.10. The Hall–Kier alpha value is -4.76. The molecule has 14 heteroatoms. The minimum absolute atomic E-state index is 0.0215. The fraction of sp³-hybridized carbons (Fsp3) is 0.412. The van der Waals surface area contributed by atoms with Crippen LogP contribution in [0.15, 0.2) is 86.8 Å². The topological polar surface area (TPSA) is 173 Å². The SMILES string of the molecule is C=CC(=O)NCCOCC(COCCNC(=O)C=C)(COCCNC(=O)C=C)NC(=O)CCN(Cc1ccccn1)Cc1ccccn1. The summed E-state index contributed by atoms with van der Waals surface area (Å²) >= 11 is 0. The second-order valence-corrected chi connectivity index (χ2v) is 10.6. The summed E-state index contributed by atoms with van der Waals surface area (Å²) in [4.78, 5) is 59.2. The van der Waals surface area contributed by atoms with E-state index in [4.69, 9.17) is 14.2 Å². The molecule has 2 aromatic rings. The highest BCUT2D eigenvalue weighted by Crippen LogP contribution is 2.12. The number of aromatic nitrogens is 2. The molecule has 260 valence electrons. The van der Waals surface area contributed by atoms with Crippen LogP contribution in [0.3, 0.4) is 0 Å². The molecule has 2 heterocycles. The third kappa shape index (κ3) is 17.2. The molecule has 14 nitrogen and oxygen atoms in total. The first-order valence-corrected chi connectivity index (χ1v) is 15.6. The molecule has 0 atom stereocenters. The molecule has 2 rings (SSSR count). The van der Waals surface area contributed by atoms with Crippen molar-refractivity contribution in [3.8, 4) is 0 Å². The van der Waals surface area contributed by atoms with Gasteiger partial charge in [0.25, 0.3) is 0 Å². The van der Waals surface area contributed by atoms with E-state index in [1.165, 1.54) is 0 Å². The van der Waals surface area contributed by atoms with Crippen LogP contribution in [0.2, 0.25) is 0 Å². The Kier molecular flexibility index (Phi) is 19.3. The maximum atomic E-state index is 13.6. The number of hydrogen-bond acceptors (Lipinski definition) is 10. The van der Waals surface area contributed by atoms with E-state index in [2.05, 4.69) is 55.9 Å². The van der Waals surface area contributed by atoms with Crippen molar-refractivity contribution in [2.45, 2.75) is 25.0 Å². The highest BCUT2D eigenvalue weighted by Gasteiger charge is 2.34. The Bertz CT molecular complexity index is 1180. The van der Waals surface area contributed by atoms with Crippen LogP contribution in [0, 0.1) is 0 Å². The summed E-state index contributed by atoms with van der Waals surface area (Å²) in [6.07, 6.45) is 7.06. The molecule has 0 spiro atoms. The lowest BCUT2D eigenvalue weighted by atomic mass is 10.0. The zero-order chi connectivity index (χ0) is 34.9. The maximum absolute atomic E-state index is 13.6. The monoisotopic (exact) mass is 665 g/mol. The van der Waals surface area contributed by atoms with Gasteiger partial charge in [0.05, 0.1) is 51.0 Å². The molecule has 0 unspecified atom stereocenters. The maximum Gasteiger partial charge on any atom is 0.243 e. The summed E-state index contributed by atoms with van der Waals surface area (Å²) < 4.78 is 17.7. The zero-order valence-corrected chi connectivity index (χ0v) is 27.4. The van der Waals surface area contributed by atoms with Gasteiger partial charge in [0.15, 0.2) is 0 Å². The predicted octanol–water partition coefficient (Wildman–Crippen LogP) is 0.680. The van der Waals surface area contributed by atoms with Crippen LogP contribution in [-0.4, -0.2) is 110 Å². The van der Waals surface area contributed by atoms with Crippen LogP contribution in [0.4, 0.5) is 0 Å². The lowest BCUT2D eigenvalue weighted by molar-refractivity contribution is -0.128. The second kappa shape index (κ2) is 23.5. The predicted molar refractivity (Wildman–Crippen MR) is 180 cm³/mol. The molecule has 0 saturated carbocycles. The highest BCUT2D eigenvalue weighted by atomic mass is 16.5. The summed E-state index contributed by atoms with van der Waals surface area (Å²) in [5.74, 6) is -1.30. The summed E-state index contributed by atoms with van der Waals surface area (Å²) in [7, 11) is 0. The smallest absolute Gasteiger partial charge is 0.243 e. The Morgan fingerprint density at radius 3 is 1.46 bits per heavy atom. The molecule has 0 aromatic carbocycles. The van der Waals surface area contributed by atoms with E-state index in [0.29, 0.717) is 19.6 Å². The third-order valence-electron chi connectivity index (χ3n) is 6.61. The van der Waals surface area contributed by atoms with Crippen molar-refractivity contribution in [2.75, 3.05) is 65.8 Å². The summed E-state index contributed by atoms with van der Waals surface area (Å²) in [6.45, 7) is 12.7. The molecule has 0 radical (unpaired) electrons. The van der Waals surface area contributed by atoms with E-state index in [-0.39, 0.29) is 89.3 Å². The van der Waals surface area contributed by atoms with Gasteiger partial charge in [-0.1, -0.05) is 31.9 Å². The molecule has 2 aromatic heterocycles. The lowest BCUT2D eigenvalue weighted by Gasteiger charge is -2.34. The molecule has 0 aliphatic heterocycles. The summed E-state index contributed by atoms with van der Waals surface area (Å²) in [5.41, 5.74) is 0.556. The molecule has 0 fully saturated rings. The van der Waals surface area contributed by atoms with Gasteiger partial charge in [-0.05, 0) is 42.5 Å². The molecule has 0 aliphatic carbocycles. The first-order chi connectivity index (χ1) is 23.3. The van der Waals surface area contributed by atoms with E-state index >= 15 is 0 Å². The molecule has 48 heavy (non-hydrogen) atoms. The molecule has 0 saturated heterocycles. The van der Waals surface area contributed by atoms with Gasteiger partial charge in [-0.15, -0.1) is 0 Å². The zero-order valence-electron chi connectivity index (χ0n) is 27.4. The highest BCUT2D eigenvalue weighted by molar-refractivity contribution is 5.87. The third-order valence-corrected chi connectivity index (χ3v) is 6.61. The minimum atomic E-state index is -1.16. The van der Waals surface area contributed by atoms with Gasteiger partial charge in [-0.2, -0.15) is 0 Å². The number of amides is 4. The normalized spacial score (nSPS) is 10.9. The standard InChI is InChI=1S/C34H47N7O7/c1-4-30(42)37-16-20-46-25-34(26-47-21-17-38-31(43)5-2,27-48-22-18-39-32(44)6-3)40-33(45)13-19-41(23-28-11-7-9-14-35-28)24-29-12-8-10-15-36-29/h4-12,14-15H,1-3,13,16-27H2,(H,37,42)(H,38,43)(H,39,44)(H,40,45). The largest absolute Gasteiger partial charge is 0.377 e. The molecule has 0 aliphatic rings. The first kappa shape index (κ1) is 39.4. The van der Waals surface area contributed by atoms with Crippen LogP contribution < -0.4 is 21.3 Å². The quantitative estimate of drug-likeness (QED) is 0.0827. The van der Waals surface area contributed by atoms with Gasteiger partial charge in [-0.3, -0.25) is 34.0 Å². The number of nitrogens with one attached hydrogen (secondary N) is 4. The van der Waals surface area contributed by atoms with Crippen LogP contribution in [0.5, 0.6) is 0 Å². The second-order valence-electron chi connectivity index (χ2n) is 10.6. The van der Waals surface area contributed by atoms with E-state index in [1.54, 1.807) is 12.4 Å². The molecule has 4 amide bonds. The lowest BCUT2D eigenvalue weighted by Crippen LogP contribution is -2.59. The number of rotatable bonds is 26. The van der Waals surface area contributed by atoms with E-state index in [1.807, 2.05) is 36.4 Å². The Morgan fingerprint density at radius 1 is 0.688 bits per heavy atom. The van der Waals surface area contributed by atoms with E-state index < -0.39 is 5.54 Å². The summed E-state index contributed by atoms with van der Waals surface area (Å²) in [5, 5.41) is 11.0. The first-order valence-electron chi connectivity index (χ1n) is 15.6. The number of ether oxygens (including phenoxy) is 3. The van der Waals surface area contributed by atoms with Gasteiger partial charge >= 0.3 is 0 Å². The van der Waals surface area contributed by atoms with Crippen molar-refractivity contribution in [3.63, 3.8) is 0 Å². The van der Waals surface area contributed by atoms with Crippen molar-refractivity contribution in [3.05, 3.63) is 98.1 Å². The molecule has 0 bridgehead atoms. The number of hydrogen-bond donors (Lipinski definition) is 4. The number of nitrogens with zero attached hydrogens (tertiary/aromatic N) is 3. The van der Waals surface area contributed by atoms with Crippen LogP contribution in [-0.2, 0) is 46.5 Å². The molecular weight excluding hydrogens is 618 g/mol. The van der Waals surface area contributed by atoms with Crippen LogP contribution >= 0.6 is 0 Å².